The summed E-state index contributed by atoms with van der Waals surface area (Å²) in [5.41, 5.74) is 0. The molecule has 0 radical (unpaired) electrons. The fraction of sp³-hybridized carbons (Fsp3) is 0.267. The molecule has 0 fully saturated rings. The van der Waals surface area contributed by atoms with E-state index in [0.717, 1.165) is 0 Å². The van der Waals surface area contributed by atoms with Crippen molar-refractivity contribution in [1.29, 1.82) is 0 Å². The van der Waals surface area contributed by atoms with Crippen molar-refractivity contribution < 1.29 is 17.6 Å². The Hall–Kier alpha value is -1.83. The Labute approximate surface area is 140 Å². The Bertz CT molecular complexity index is 757. The molecule has 2 aromatic rings. The zero-order valence-electron chi connectivity index (χ0n) is 12.7. The van der Waals surface area contributed by atoms with Crippen molar-refractivity contribution in [3.05, 3.63) is 53.4 Å². The molecular weight excluding hydrogens is 340 g/mol. The number of furan rings is 1. The molecule has 8 heteroatoms. The zero-order valence-corrected chi connectivity index (χ0v) is 14.3. The number of rotatable bonds is 6. The molecule has 0 saturated heterocycles. The molecule has 1 unspecified atom stereocenters. The molecule has 1 atom stereocenters. The van der Waals surface area contributed by atoms with Crippen LogP contribution in [0.25, 0.3) is 0 Å². The van der Waals surface area contributed by atoms with Gasteiger partial charge in [-0.25, -0.2) is 8.42 Å². The van der Waals surface area contributed by atoms with E-state index in [1.54, 1.807) is 19.2 Å². The first-order valence-corrected chi connectivity index (χ1v) is 8.71. The van der Waals surface area contributed by atoms with Gasteiger partial charge in [-0.15, -0.1) is 0 Å². The first-order valence-electron chi connectivity index (χ1n) is 6.85. The second-order valence-corrected chi connectivity index (χ2v) is 7.22. The van der Waals surface area contributed by atoms with Gasteiger partial charge in [0.25, 0.3) is 0 Å². The molecule has 0 aliphatic heterocycles. The van der Waals surface area contributed by atoms with Gasteiger partial charge in [-0.3, -0.25) is 4.79 Å². The second kappa shape index (κ2) is 7.16. The molecule has 0 aliphatic carbocycles. The van der Waals surface area contributed by atoms with Gasteiger partial charge in [0.15, 0.2) is 0 Å². The highest BCUT2D eigenvalue weighted by Gasteiger charge is 2.24. The average Bonchev–Trinajstić information content (AvgIpc) is 2.99. The number of amides is 1. The van der Waals surface area contributed by atoms with E-state index in [-0.39, 0.29) is 17.3 Å². The molecule has 2 rings (SSSR count). The van der Waals surface area contributed by atoms with Gasteiger partial charge in [0.05, 0.1) is 23.7 Å². The predicted octanol–water partition coefficient (Wildman–Crippen LogP) is 2.26. The SMILES string of the molecule is CC(NS(=O)(=O)c1ccc(Cl)cc1)C(=O)N(C)Cc1ccco1. The molecule has 0 saturated carbocycles. The van der Waals surface area contributed by atoms with Crippen LogP contribution in [0, 0.1) is 0 Å². The molecule has 1 aromatic carbocycles. The number of sulfonamides is 1. The first kappa shape index (κ1) is 17.5. The molecule has 6 nitrogen and oxygen atoms in total. The molecule has 23 heavy (non-hydrogen) atoms. The molecule has 1 amide bonds. The quantitative estimate of drug-likeness (QED) is 0.861. The van der Waals surface area contributed by atoms with Crippen LogP contribution in [0.2, 0.25) is 5.02 Å². The van der Waals surface area contributed by atoms with Crippen molar-refractivity contribution in [2.24, 2.45) is 0 Å². The van der Waals surface area contributed by atoms with Crippen LogP contribution < -0.4 is 4.72 Å². The molecule has 0 bridgehead atoms. The maximum absolute atomic E-state index is 12.3. The maximum Gasteiger partial charge on any atom is 0.241 e. The van der Waals surface area contributed by atoms with Crippen LogP contribution in [-0.2, 0) is 21.4 Å². The number of likely N-dealkylation sites (N-methyl/N-ethyl adjacent to an activating group) is 1. The molecular formula is C15H17ClN2O4S. The van der Waals surface area contributed by atoms with E-state index in [9.17, 15) is 13.2 Å². The standard InChI is InChI=1S/C15H17ClN2O4S/c1-11(15(19)18(2)10-13-4-3-9-22-13)17-23(20,21)14-7-5-12(16)6-8-14/h3-9,11,17H,10H2,1-2H3. The number of nitrogens with zero attached hydrogens (tertiary/aromatic N) is 1. The summed E-state index contributed by atoms with van der Waals surface area (Å²) in [6.07, 6.45) is 1.51. The van der Waals surface area contributed by atoms with E-state index in [1.165, 1.54) is 42.4 Å². The van der Waals surface area contributed by atoms with Crippen LogP contribution in [0.4, 0.5) is 0 Å². The van der Waals surface area contributed by atoms with Crippen molar-refractivity contribution in [1.82, 2.24) is 9.62 Å². The Morgan fingerprint density at radius 2 is 1.96 bits per heavy atom. The van der Waals surface area contributed by atoms with Gasteiger partial charge in [0.2, 0.25) is 15.9 Å². The van der Waals surface area contributed by atoms with E-state index >= 15 is 0 Å². The lowest BCUT2D eigenvalue weighted by Gasteiger charge is -2.21. The number of nitrogens with one attached hydrogen (secondary N) is 1. The number of hydrogen-bond acceptors (Lipinski definition) is 4. The molecule has 1 heterocycles. The van der Waals surface area contributed by atoms with Crippen LogP contribution in [0.5, 0.6) is 0 Å². The second-order valence-electron chi connectivity index (χ2n) is 5.07. The number of carbonyl (C=O) groups excluding carboxylic acids is 1. The Kier molecular flexibility index (Phi) is 5.46. The monoisotopic (exact) mass is 356 g/mol. The van der Waals surface area contributed by atoms with Gasteiger partial charge >= 0.3 is 0 Å². The van der Waals surface area contributed by atoms with Gasteiger partial charge in [0.1, 0.15) is 5.76 Å². The minimum atomic E-state index is -3.80. The largest absolute Gasteiger partial charge is 0.467 e. The van der Waals surface area contributed by atoms with Gasteiger partial charge in [0, 0.05) is 12.1 Å². The summed E-state index contributed by atoms with van der Waals surface area (Å²) in [5, 5.41) is 0.436. The van der Waals surface area contributed by atoms with Gasteiger partial charge in [-0.2, -0.15) is 4.72 Å². The fourth-order valence-electron chi connectivity index (χ4n) is 2.01. The maximum atomic E-state index is 12.3. The topological polar surface area (TPSA) is 79.6 Å². The Balaban J connectivity index is 2.03. The average molecular weight is 357 g/mol. The minimum absolute atomic E-state index is 0.0511. The molecule has 1 aromatic heterocycles. The van der Waals surface area contributed by atoms with Crippen LogP contribution in [0.3, 0.4) is 0 Å². The van der Waals surface area contributed by atoms with Crippen LogP contribution in [0.1, 0.15) is 12.7 Å². The predicted molar refractivity (Wildman–Crippen MR) is 86.4 cm³/mol. The minimum Gasteiger partial charge on any atom is -0.467 e. The third-order valence-corrected chi connectivity index (χ3v) is 4.98. The lowest BCUT2D eigenvalue weighted by molar-refractivity contribution is -0.132. The van der Waals surface area contributed by atoms with Crippen molar-refractivity contribution in [3.8, 4) is 0 Å². The van der Waals surface area contributed by atoms with E-state index in [0.29, 0.717) is 10.8 Å². The number of carbonyl (C=O) groups is 1. The highest BCUT2D eigenvalue weighted by molar-refractivity contribution is 7.89. The Morgan fingerprint density at radius 3 is 2.52 bits per heavy atom. The normalized spacial score (nSPS) is 12.8. The highest BCUT2D eigenvalue weighted by Crippen LogP contribution is 2.14. The van der Waals surface area contributed by atoms with E-state index in [4.69, 9.17) is 16.0 Å². The summed E-state index contributed by atoms with van der Waals surface area (Å²) in [5.74, 6) is 0.257. The first-order chi connectivity index (χ1) is 10.8. The summed E-state index contributed by atoms with van der Waals surface area (Å²) >= 11 is 5.74. The van der Waals surface area contributed by atoms with Gasteiger partial charge in [-0.1, -0.05) is 11.6 Å². The van der Waals surface area contributed by atoms with Gasteiger partial charge in [-0.05, 0) is 43.3 Å². The third kappa shape index (κ3) is 4.57. The van der Waals surface area contributed by atoms with Crippen molar-refractivity contribution in [3.63, 3.8) is 0 Å². The molecule has 1 N–H and O–H groups in total. The van der Waals surface area contributed by atoms with Crippen LogP contribution in [-0.4, -0.2) is 32.3 Å². The van der Waals surface area contributed by atoms with Crippen molar-refractivity contribution in [2.75, 3.05) is 7.05 Å². The van der Waals surface area contributed by atoms with Gasteiger partial charge < -0.3 is 9.32 Å². The summed E-state index contributed by atoms with van der Waals surface area (Å²) in [7, 11) is -2.22. The van der Waals surface area contributed by atoms with E-state index in [1.807, 2.05) is 0 Å². The van der Waals surface area contributed by atoms with Crippen molar-refractivity contribution in [2.45, 2.75) is 24.4 Å². The lowest BCUT2D eigenvalue weighted by Crippen LogP contribution is -2.45. The van der Waals surface area contributed by atoms with E-state index in [2.05, 4.69) is 4.72 Å². The van der Waals surface area contributed by atoms with E-state index < -0.39 is 16.1 Å². The smallest absolute Gasteiger partial charge is 0.241 e. The van der Waals surface area contributed by atoms with Crippen LogP contribution in [0.15, 0.2) is 52.0 Å². The summed E-state index contributed by atoms with van der Waals surface area (Å²) in [6, 6.07) is 8.28. The van der Waals surface area contributed by atoms with Crippen LogP contribution >= 0.6 is 11.6 Å². The number of benzene rings is 1. The number of halogens is 1. The molecule has 0 aliphatic rings. The molecule has 124 valence electrons. The summed E-state index contributed by atoms with van der Waals surface area (Å²) in [4.78, 5) is 13.7. The highest BCUT2D eigenvalue weighted by atomic mass is 35.5. The summed E-state index contributed by atoms with van der Waals surface area (Å²) in [6.45, 7) is 1.76. The number of hydrogen-bond donors (Lipinski definition) is 1. The Morgan fingerprint density at radius 1 is 1.30 bits per heavy atom. The summed E-state index contributed by atoms with van der Waals surface area (Å²) < 4.78 is 32.0. The third-order valence-electron chi connectivity index (χ3n) is 3.18. The van der Waals surface area contributed by atoms with Crippen molar-refractivity contribution >= 4 is 27.5 Å². The lowest BCUT2D eigenvalue weighted by atomic mass is 10.3. The molecule has 0 spiro atoms. The fourth-order valence-corrected chi connectivity index (χ4v) is 3.33. The zero-order chi connectivity index (χ0) is 17.0.